The number of hydrogen-bond acceptors (Lipinski definition) is 3. The highest BCUT2D eigenvalue weighted by atomic mass is 16.4. The van der Waals surface area contributed by atoms with Gasteiger partial charge in [-0.15, -0.1) is 0 Å². The Bertz CT molecular complexity index is 294. The Hall–Kier alpha value is -1.10. The zero-order valence-electron chi connectivity index (χ0n) is 10.8. The van der Waals surface area contributed by atoms with Crippen LogP contribution < -0.4 is 5.32 Å². The van der Waals surface area contributed by atoms with Crippen molar-refractivity contribution in [2.45, 2.75) is 39.2 Å². The maximum atomic E-state index is 11.8. The second-order valence-corrected chi connectivity index (χ2v) is 5.35. The van der Waals surface area contributed by atoms with Crippen LogP contribution in [0.4, 0.5) is 0 Å². The summed E-state index contributed by atoms with van der Waals surface area (Å²) in [5.74, 6) is -0.272. The summed E-state index contributed by atoms with van der Waals surface area (Å²) in [6.45, 7) is 6.97. The van der Waals surface area contributed by atoms with E-state index in [0.717, 1.165) is 25.9 Å². The number of amides is 1. The van der Waals surface area contributed by atoms with Gasteiger partial charge in [-0.1, -0.05) is 6.92 Å². The molecule has 5 heteroatoms. The van der Waals surface area contributed by atoms with Gasteiger partial charge in [-0.05, 0) is 32.6 Å². The first-order chi connectivity index (χ1) is 7.83. The Morgan fingerprint density at radius 3 is 2.35 bits per heavy atom. The van der Waals surface area contributed by atoms with Crippen LogP contribution in [-0.2, 0) is 9.59 Å². The van der Waals surface area contributed by atoms with Crippen LogP contribution in [0.25, 0.3) is 0 Å². The molecule has 0 saturated carbocycles. The molecule has 0 aliphatic carbocycles. The van der Waals surface area contributed by atoms with E-state index in [2.05, 4.69) is 12.2 Å². The lowest BCUT2D eigenvalue weighted by Crippen LogP contribution is -2.52. The maximum Gasteiger partial charge on any atom is 0.323 e. The molecular weight excluding hydrogens is 220 g/mol. The molecule has 1 aliphatic rings. The molecule has 0 bridgehead atoms. The molecule has 1 aliphatic heterocycles. The fourth-order valence-corrected chi connectivity index (χ4v) is 1.74. The minimum atomic E-state index is -1.06. The molecule has 0 aromatic carbocycles. The van der Waals surface area contributed by atoms with E-state index in [4.69, 9.17) is 5.11 Å². The van der Waals surface area contributed by atoms with E-state index in [-0.39, 0.29) is 12.5 Å². The van der Waals surface area contributed by atoms with Crippen LogP contribution >= 0.6 is 0 Å². The van der Waals surface area contributed by atoms with E-state index < -0.39 is 11.5 Å². The predicted octanol–water partition coefficient (Wildman–Crippen LogP) is 0.698. The molecule has 0 spiro atoms. The molecule has 1 fully saturated rings. The SMILES string of the molecule is CC1CCN(C(=O)CNC(C)(C)C(=O)O)CC1. The van der Waals surface area contributed by atoms with E-state index in [1.54, 1.807) is 13.8 Å². The third-order valence-electron chi connectivity index (χ3n) is 3.35. The number of carbonyl (C=O) groups is 2. The van der Waals surface area contributed by atoms with Gasteiger partial charge >= 0.3 is 5.97 Å². The predicted molar refractivity (Wildman–Crippen MR) is 64.7 cm³/mol. The van der Waals surface area contributed by atoms with Gasteiger partial charge in [-0.2, -0.15) is 0 Å². The first kappa shape index (κ1) is 14.0. The summed E-state index contributed by atoms with van der Waals surface area (Å²) in [6.07, 6.45) is 2.07. The van der Waals surface area contributed by atoms with Gasteiger partial charge in [0.2, 0.25) is 5.91 Å². The third kappa shape index (κ3) is 4.00. The Morgan fingerprint density at radius 2 is 1.88 bits per heavy atom. The number of piperidine rings is 1. The van der Waals surface area contributed by atoms with E-state index in [9.17, 15) is 9.59 Å². The molecule has 0 aromatic heterocycles. The second-order valence-electron chi connectivity index (χ2n) is 5.35. The normalized spacial score (nSPS) is 18.2. The van der Waals surface area contributed by atoms with E-state index in [1.807, 2.05) is 4.90 Å². The zero-order valence-corrected chi connectivity index (χ0v) is 10.8. The molecule has 0 atom stereocenters. The topological polar surface area (TPSA) is 69.6 Å². The van der Waals surface area contributed by atoms with Crippen molar-refractivity contribution < 1.29 is 14.7 Å². The van der Waals surface area contributed by atoms with Crippen LogP contribution in [0.15, 0.2) is 0 Å². The van der Waals surface area contributed by atoms with Gasteiger partial charge in [0.05, 0.1) is 6.54 Å². The summed E-state index contributed by atoms with van der Waals surface area (Å²) in [4.78, 5) is 24.5. The van der Waals surface area contributed by atoms with Crippen molar-refractivity contribution in [3.05, 3.63) is 0 Å². The molecule has 0 unspecified atom stereocenters. The van der Waals surface area contributed by atoms with E-state index in [1.165, 1.54) is 0 Å². The number of likely N-dealkylation sites (tertiary alicyclic amines) is 1. The number of aliphatic carboxylic acids is 1. The molecule has 0 radical (unpaired) electrons. The first-order valence-electron chi connectivity index (χ1n) is 6.09. The number of hydrogen-bond donors (Lipinski definition) is 2. The molecule has 1 amide bonds. The number of nitrogens with one attached hydrogen (secondary N) is 1. The highest BCUT2D eigenvalue weighted by Crippen LogP contribution is 2.15. The summed E-state index contributed by atoms with van der Waals surface area (Å²) >= 11 is 0. The van der Waals surface area contributed by atoms with Crippen LogP contribution in [0.3, 0.4) is 0 Å². The maximum absolute atomic E-state index is 11.8. The van der Waals surface area contributed by atoms with Crippen LogP contribution in [0.1, 0.15) is 33.6 Å². The molecule has 1 saturated heterocycles. The summed E-state index contributed by atoms with van der Waals surface area (Å²) in [5, 5.41) is 11.7. The molecule has 17 heavy (non-hydrogen) atoms. The lowest BCUT2D eigenvalue weighted by Gasteiger charge is -2.31. The Morgan fingerprint density at radius 1 is 1.35 bits per heavy atom. The van der Waals surface area contributed by atoms with Crippen molar-refractivity contribution in [1.82, 2.24) is 10.2 Å². The molecule has 1 rings (SSSR count). The average Bonchev–Trinajstić information content (AvgIpc) is 2.27. The van der Waals surface area contributed by atoms with Gasteiger partial charge in [-0.3, -0.25) is 14.9 Å². The largest absolute Gasteiger partial charge is 0.480 e. The third-order valence-corrected chi connectivity index (χ3v) is 3.35. The Balaban J connectivity index is 2.37. The van der Waals surface area contributed by atoms with E-state index >= 15 is 0 Å². The fraction of sp³-hybridized carbons (Fsp3) is 0.833. The summed E-state index contributed by atoms with van der Waals surface area (Å²) in [6, 6.07) is 0. The van der Waals surface area contributed by atoms with Gasteiger partial charge < -0.3 is 10.0 Å². The first-order valence-corrected chi connectivity index (χ1v) is 6.09. The van der Waals surface area contributed by atoms with Gasteiger partial charge in [0.25, 0.3) is 0 Å². The number of carboxylic acid groups (broad SMARTS) is 1. The number of nitrogens with zero attached hydrogens (tertiary/aromatic N) is 1. The number of carbonyl (C=O) groups excluding carboxylic acids is 1. The van der Waals surface area contributed by atoms with Gasteiger partial charge in [-0.25, -0.2) is 0 Å². The highest BCUT2D eigenvalue weighted by Gasteiger charge is 2.28. The Kier molecular flexibility index (Phi) is 4.51. The van der Waals surface area contributed by atoms with Gasteiger partial charge in [0.15, 0.2) is 0 Å². The second kappa shape index (κ2) is 5.49. The lowest BCUT2D eigenvalue weighted by molar-refractivity contribution is -0.143. The highest BCUT2D eigenvalue weighted by molar-refractivity contribution is 5.81. The summed E-state index contributed by atoms with van der Waals surface area (Å²) < 4.78 is 0. The van der Waals surface area contributed by atoms with Gasteiger partial charge in [0.1, 0.15) is 5.54 Å². The van der Waals surface area contributed by atoms with E-state index in [0.29, 0.717) is 5.92 Å². The molecule has 2 N–H and O–H groups in total. The number of carboxylic acids is 1. The molecule has 1 heterocycles. The van der Waals surface area contributed by atoms with Gasteiger partial charge in [0, 0.05) is 13.1 Å². The minimum absolute atomic E-state index is 0.00812. The standard InChI is InChI=1S/C12H22N2O3/c1-9-4-6-14(7-5-9)10(15)8-13-12(2,3)11(16)17/h9,13H,4-8H2,1-3H3,(H,16,17). The average molecular weight is 242 g/mol. The summed E-state index contributed by atoms with van der Waals surface area (Å²) in [5.41, 5.74) is -1.06. The quantitative estimate of drug-likeness (QED) is 0.761. The monoisotopic (exact) mass is 242 g/mol. The van der Waals surface area contributed by atoms with Crippen molar-refractivity contribution in [1.29, 1.82) is 0 Å². The number of rotatable bonds is 4. The van der Waals surface area contributed by atoms with Crippen LogP contribution in [-0.4, -0.2) is 47.1 Å². The van der Waals surface area contributed by atoms with Crippen molar-refractivity contribution in [2.75, 3.05) is 19.6 Å². The fourth-order valence-electron chi connectivity index (χ4n) is 1.74. The van der Waals surface area contributed by atoms with Crippen LogP contribution in [0, 0.1) is 5.92 Å². The smallest absolute Gasteiger partial charge is 0.323 e. The van der Waals surface area contributed by atoms with Crippen LogP contribution in [0.2, 0.25) is 0 Å². The Labute approximate surface area is 102 Å². The molecule has 5 nitrogen and oxygen atoms in total. The van der Waals surface area contributed by atoms with Crippen molar-refractivity contribution in [2.24, 2.45) is 5.92 Å². The summed E-state index contributed by atoms with van der Waals surface area (Å²) in [7, 11) is 0. The molecule has 0 aromatic rings. The molecular formula is C12H22N2O3. The zero-order chi connectivity index (χ0) is 13.1. The van der Waals surface area contributed by atoms with Crippen molar-refractivity contribution in [3.8, 4) is 0 Å². The lowest BCUT2D eigenvalue weighted by atomic mass is 9.99. The van der Waals surface area contributed by atoms with Crippen molar-refractivity contribution >= 4 is 11.9 Å². The van der Waals surface area contributed by atoms with Crippen molar-refractivity contribution in [3.63, 3.8) is 0 Å². The molecule has 98 valence electrons. The minimum Gasteiger partial charge on any atom is -0.480 e. The van der Waals surface area contributed by atoms with Crippen LogP contribution in [0.5, 0.6) is 0 Å².